The molecule has 10 heteroatoms. The fourth-order valence-electron chi connectivity index (χ4n) is 3.28. The Bertz CT molecular complexity index is 1170. The fraction of sp³-hybridized carbons (Fsp3) is 0.200. The van der Waals surface area contributed by atoms with Crippen molar-refractivity contribution in [2.45, 2.75) is 11.4 Å². The van der Waals surface area contributed by atoms with Crippen molar-refractivity contribution in [2.75, 3.05) is 14.2 Å². The highest BCUT2D eigenvalue weighted by Crippen LogP contribution is 2.41. The van der Waals surface area contributed by atoms with Crippen molar-refractivity contribution in [3.63, 3.8) is 0 Å². The van der Waals surface area contributed by atoms with Crippen LogP contribution in [0.4, 0.5) is 0 Å². The second kappa shape index (κ2) is 8.15. The van der Waals surface area contributed by atoms with Crippen LogP contribution in [0.3, 0.4) is 0 Å². The highest BCUT2D eigenvalue weighted by Gasteiger charge is 2.48. The highest BCUT2D eigenvalue weighted by molar-refractivity contribution is 7.21. The molecule has 156 valence electrons. The molecule has 2 atom stereocenters. The standard InChI is InChI=1S/C20H15Cl3N2O4S/c1-28-12-5-3-9(7-13(12)29-2)17-16(23)20(27)25(17)24-19(26)18-15(22)11-8-10(21)4-6-14(11)30-18/h3-8,16-17H,1-2H3,(H,24,26). The summed E-state index contributed by atoms with van der Waals surface area (Å²) in [4.78, 5) is 25.5. The van der Waals surface area contributed by atoms with E-state index in [0.717, 1.165) is 4.70 Å². The second-order valence-electron chi connectivity index (χ2n) is 6.50. The van der Waals surface area contributed by atoms with Gasteiger partial charge in [0.2, 0.25) is 0 Å². The Hall–Kier alpha value is -2.19. The summed E-state index contributed by atoms with van der Waals surface area (Å²) in [5.74, 6) is 0.128. The Morgan fingerprint density at radius 3 is 2.53 bits per heavy atom. The lowest BCUT2D eigenvalue weighted by Crippen LogP contribution is -2.63. The second-order valence-corrected chi connectivity index (χ2v) is 8.83. The number of thiophene rings is 1. The van der Waals surface area contributed by atoms with Crippen LogP contribution in [-0.2, 0) is 4.79 Å². The number of β-lactam (4-membered cyclic amide) rings is 1. The van der Waals surface area contributed by atoms with E-state index in [2.05, 4.69) is 5.43 Å². The number of rotatable bonds is 5. The molecule has 1 N–H and O–H groups in total. The molecule has 2 heterocycles. The number of ether oxygens (including phenoxy) is 2. The van der Waals surface area contributed by atoms with E-state index < -0.39 is 23.2 Å². The molecule has 0 aliphatic carbocycles. The number of hydrazine groups is 1. The monoisotopic (exact) mass is 484 g/mol. The van der Waals surface area contributed by atoms with Crippen LogP contribution in [0, 0.1) is 0 Å². The molecule has 0 bridgehead atoms. The van der Waals surface area contributed by atoms with E-state index in [1.54, 1.807) is 36.4 Å². The fourth-order valence-corrected chi connectivity index (χ4v) is 5.19. The molecule has 1 fully saturated rings. The van der Waals surface area contributed by atoms with Crippen molar-refractivity contribution >= 4 is 68.0 Å². The normalized spacial score (nSPS) is 18.3. The zero-order chi connectivity index (χ0) is 21.6. The van der Waals surface area contributed by atoms with Crippen LogP contribution >= 0.6 is 46.1 Å². The molecule has 3 aromatic rings. The number of nitrogens with zero attached hydrogens (tertiary/aromatic N) is 1. The molecule has 2 unspecified atom stereocenters. The van der Waals surface area contributed by atoms with E-state index in [1.807, 2.05) is 0 Å². The van der Waals surface area contributed by atoms with Gasteiger partial charge in [-0.05, 0) is 35.9 Å². The lowest BCUT2D eigenvalue weighted by molar-refractivity contribution is -0.149. The van der Waals surface area contributed by atoms with Crippen molar-refractivity contribution in [3.8, 4) is 11.5 Å². The number of hydrogen-bond donors (Lipinski definition) is 1. The average Bonchev–Trinajstić information content (AvgIpc) is 3.08. The number of benzene rings is 2. The summed E-state index contributed by atoms with van der Waals surface area (Å²) < 4.78 is 11.4. The molecule has 1 saturated heterocycles. The number of methoxy groups -OCH3 is 2. The Morgan fingerprint density at radius 2 is 1.83 bits per heavy atom. The number of nitrogens with one attached hydrogen (secondary N) is 1. The van der Waals surface area contributed by atoms with Crippen LogP contribution in [0.5, 0.6) is 11.5 Å². The first kappa shape index (κ1) is 21.1. The first-order valence-corrected chi connectivity index (χ1v) is 10.7. The van der Waals surface area contributed by atoms with Gasteiger partial charge in [0.1, 0.15) is 16.3 Å². The van der Waals surface area contributed by atoms with Crippen LogP contribution in [0.25, 0.3) is 10.1 Å². The number of hydrogen-bond acceptors (Lipinski definition) is 5. The topological polar surface area (TPSA) is 67.9 Å². The van der Waals surface area contributed by atoms with E-state index >= 15 is 0 Å². The first-order chi connectivity index (χ1) is 14.3. The zero-order valence-electron chi connectivity index (χ0n) is 15.7. The highest BCUT2D eigenvalue weighted by atomic mass is 35.5. The SMILES string of the molecule is COc1ccc(C2C(Cl)C(=O)N2NC(=O)c2sc3ccc(Cl)cc3c2Cl)cc1OC. The zero-order valence-corrected chi connectivity index (χ0v) is 18.8. The molecule has 0 radical (unpaired) electrons. The predicted molar refractivity (Wildman–Crippen MR) is 118 cm³/mol. The maximum atomic E-state index is 12.9. The summed E-state index contributed by atoms with van der Waals surface area (Å²) in [5, 5.41) is 1.87. The quantitative estimate of drug-likeness (QED) is 0.405. The van der Waals surface area contributed by atoms with Gasteiger partial charge >= 0.3 is 0 Å². The molecule has 4 rings (SSSR count). The molecule has 6 nitrogen and oxygen atoms in total. The van der Waals surface area contributed by atoms with Crippen LogP contribution in [0.1, 0.15) is 21.3 Å². The third-order valence-electron chi connectivity index (χ3n) is 4.80. The van der Waals surface area contributed by atoms with Gasteiger partial charge in [-0.2, -0.15) is 0 Å². The molecule has 0 spiro atoms. The molecule has 0 saturated carbocycles. The van der Waals surface area contributed by atoms with Crippen LogP contribution < -0.4 is 14.9 Å². The lowest BCUT2D eigenvalue weighted by Gasteiger charge is -2.43. The number of alkyl halides is 1. The maximum absolute atomic E-state index is 12.9. The van der Waals surface area contributed by atoms with Gasteiger partial charge in [-0.1, -0.05) is 29.3 Å². The van der Waals surface area contributed by atoms with Crippen LogP contribution in [0.2, 0.25) is 10.0 Å². The average molecular weight is 486 g/mol. The van der Waals surface area contributed by atoms with Gasteiger partial charge in [-0.25, -0.2) is 5.01 Å². The van der Waals surface area contributed by atoms with Crippen molar-refractivity contribution in [1.29, 1.82) is 0 Å². The molecular formula is C20H15Cl3N2O4S. The van der Waals surface area contributed by atoms with Gasteiger partial charge in [0, 0.05) is 15.1 Å². The number of amides is 2. The largest absolute Gasteiger partial charge is 0.493 e. The summed E-state index contributed by atoms with van der Waals surface area (Å²) >= 11 is 19.9. The van der Waals surface area contributed by atoms with Gasteiger partial charge in [-0.15, -0.1) is 22.9 Å². The molecule has 2 amide bonds. The van der Waals surface area contributed by atoms with Gasteiger partial charge in [-0.3, -0.25) is 15.0 Å². The van der Waals surface area contributed by atoms with Crippen molar-refractivity contribution < 1.29 is 19.1 Å². The Morgan fingerprint density at radius 1 is 1.10 bits per heavy atom. The summed E-state index contributed by atoms with van der Waals surface area (Å²) in [6.07, 6.45) is 0. The van der Waals surface area contributed by atoms with Crippen LogP contribution in [-0.4, -0.2) is 36.4 Å². The number of carbonyl (C=O) groups is 2. The van der Waals surface area contributed by atoms with E-state index in [-0.39, 0.29) is 9.90 Å². The first-order valence-electron chi connectivity index (χ1n) is 8.73. The molecule has 30 heavy (non-hydrogen) atoms. The lowest BCUT2D eigenvalue weighted by atomic mass is 9.95. The summed E-state index contributed by atoms with van der Waals surface area (Å²) in [6.45, 7) is 0. The molecule has 1 aromatic heterocycles. The van der Waals surface area contributed by atoms with Gasteiger partial charge in [0.25, 0.3) is 11.8 Å². The third-order valence-corrected chi connectivity index (χ3v) is 7.13. The number of fused-ring (bicyclic) bond motifs is 1. The summed E-state index contributed by atoms with van der Waals surface area (Å²) in [6, 6.07) is 9.85. The van der Waals surface area contributed by atoms with Crippen molar-refractivity contribution in [3.05, 3.63) is 56.9 Å². The predicted octanol–water partition coefficient (Wildman–Crippen LogP) is 5.06. The summed E-state index contributed by atoms with van der Waals surface area (Å²) in [7, 11) is 3.05. The smallest absolute Gasteiger partial charge is 0.281 e. The number of halogens is 3. The van der Waals surface area contributed by atoms with Gasteiger partial charge < -0.3 is 9.47 Å². The van der Waals surface area contributed by atoms with Crippen LogP contribution in [0.15, 0.2) is 36.4 Å². The Labute approximate surface area is 191 Å². The Balaban J connectivity index is 1.61. The summed E-state index contributed by atoms with van der Waals surface area (Å²) in [5.41, 5.74) is 3.32. The molecule has 1 aliphatic heterocycles. The minimum atomic E-state index is -0.819. The molecular weight excluding hydrogens is 471 g/mol. The van der Waals surface area contributed by atoms with E-state index in [0.29, 0.717) is 27.5 Å². The van der Waals surface area contributed by atoms with E-state index in [4.69, 9.17) is 44.3 Å². The maximum Gasteiger partial charge on any atom is 0.281 e. The molecule has 2 aromatic carbocycles. The van der Waals surface area contributed by atoms with Gasteiger partial charge in [0.15, 0.2) is 11.5 Å². The van der Waals surface area contributed by atoms with Crippen molar-refractivity contribution in [1.82, 2.24) is 10.4 Å². The van der Waals surface area contributed by atoms with E-state index in [9.17, 15) is 9.59 Å². The number of carbonyl (C=O) groups excluding carboxylic acids is 2. The van der Waals surface area contributed by atoms with E-state index in [1.165, 1.54) is 30.6 Å². The van der Waals surface area contributed by atoms with Crippen molar-refractivity contribution in [2.24, 2.45) is 0 Å². The van der Waals surface area contributed by atoms with Gasteiger partial charge in [0.05, 0.1) is 19.2 Å². The minimum Gasteiger partial charge on any atom is -0.493 e. The third kappa shape index (κ3) is 3.46. The Kier molecular flexibility index (Phi) is 5.72. The minimum absolute atomic E-state index is 0.283. The molecule has 1 aliphatic rings.